The van der Waals surface area contributed by atoms with E-state index in [4.69, 9.17) is 21.1 Å². The number of amides is 2. The van der Waals surface area contributed by atoms with Crippen LogP contribution in [-0.2, 0) is 17.8 Å². The van der Waals surface area contributed by atoms with Gasteiger partial charge in [-0.3, -0.25) is 10.1 Å². The van der Waals surface area contributed by atoms with Crippen molar-refractivity contribution < 1.29 is 24.2 Å². The van der Waals surface area contributed by atoms with Crippen LogP contribution in [0.5, 0.6) is 5.75 Å². The number of halogens is 1. The number of aliphatic hydroxyl groups excluding tert-OH is 1. The van der Waals surface area contributed by atoms with Gasteiger partial charge in [0.25, 0.3) is 5.91 Å². The van der Waals surface area contributed by atoms with Gasteiger partial charge in [0, 0.05) is 56.6 Å². The van der Waals surface area contributed by atoms with E-state index in [2.05, 4.69) is 21.6 Å². The standard InChI is InChI=1S/C33H38ClN3O5/c1-41-30-21-27(28(34)20-25(30)22-38)31(39)35-15-6-5-7-23-10-11-26(24-8-3-2-4-9-24)29(19-23)36-32(40)42-33-12-16-37(17-13-33)18-14-33/h2-4,8-11,19-21,38H,5-7,12-18,22H2,1H3,(H,35,39)(H,36,40). The average Bonchev–Trinajstić information content (AvgIpc) is 3.01. The summed E-state index contributed by atoms with van der Waals surface area (Å²) in [7, 11) is 1.49. The van der Waals surface area contributed by atoms with E-state index < -0.39 is 6.09 Å². The van der Waals surface area contributed by atoms with E-state index in [9.17, 15) is 14.7 Å². The third-order valence-corrected chi connectivity index (χ3v) is 8.64. The molecule has 3 aromatic rings. The number of carbonyl (C=O) groups excluding carboxylic acids is 2. The Morgan fingerprint density at radius 3 is 2.43 bits per heavy atom. The zero-order chi connectivity index (χ0) is 29.5. The fourth-order valence-corrected chi connectivity index (χ4v) is 6.11. The van der Waals surface area contributed by atoms with Crippen LogP contribution >= 0.6 is 11.6 Å². The van der Waals surface area contributed by atoms with Gasteiger partial charge in [-0.05, 0) is 48.6 Å². The maximum atomic E-state index is 13.1. The molecule has 0 aliphatic carbocycles. The van der Waals surface area contributed by atoms with Crippen molar-refractivity contribution in [2.24, 2.45) is 0 Å². The number of nitrogens with zero attached hydrogens (tertiary/aromatic N) is 1. The first-order valence-electron chi connectivity index (χ1n) is 14.6. The van der Waals surface area contributed by atoms with Crippen molar-refractivity contribution in [1.29, 1.82) is 0 Å². The Bertz CT molecular complexity index is 1390. The van der Waals surface area contributed by atoms with Crippen LogP contribution in [0.4, 0.5) is 10.5 Å². The molecule has 222 valence electrons. The van der Waals surface area contributed by atoms with Gasteiger partial charge in [-0.1, -0.05) is 54.1 Å². The van der Waals surface area contributed by atoms with Gasteiger partial charge in [0.1, 0.15) is 11.4 Å². The van der Waals surface area contributed by atoms with Gasteiger partial charge >= 0.3 is 6.09 Å². The zero-order valence-electron chi connectivity index (χ0n) is 24.0. The summed E-state index contributed by atoms with van der Waals surface area (Å²) in [5.41, 5.74) is 4.27. The van der Waals surface area contributed by atoms with Crippen molar-refractivity contribution in [3.05, 3.63) is 82.4 Å². The quantitative estimate of drug-likeness (QED) is 0.235. The normalized spacial score (nSPS) is 19.3. The Hall–Kier alpha value is -3.59. The van der Waals surface area contributed by atoms with Crippen molar-refractivity contribution in [1.82, 2.24) is 10.2 Å². The van der Waals surface area contributed by atoms with E-state index in [0.29, 0.717) is 23.4 Å². The molecule has 9 heteroatoms. The lowest BCUT2D eigenvalue weighted by molar-refractivity contribution is -0.0742. The Morgan fingerprint density at radius 2 is 1.74 bits per heavy atom. The number of anilines is 1. The predicted molar refractivity (Wildman–Crippen MR) is 164 cm³/mol. The van der Waals surface area contributed by atoms with Gasteiger partial charge in [-0.25, -0.2) is 4.79 Å². The Labute approximate surface area is 252 Å². The van der Waals surface area contributed by atoms with Crippen molar-refractivity contribution in [2.45, 2.75) is 50.7 Å². The van der Waals surface area contributed by atoms with E-state index in [-0.39, 0.29) is 23.1 Å². The molecule has 2 bridgehead atoms. The summed E-state index contributed by atoms with van der Waals surface area (Å²) in [6, 6.07) is 19.3. The summed E-state index contributed by atoms with van der Waals surface area (Å²) in [4.78, 5) is 28.3. The highest BCUT2D eigenvalue weighted by Crippen LogP contribution is 2.36. The smallest absolute Gasteiger partial charge is 0.412 e. The molecule has 0 unspecified atom stereocenters. The first-order chi connectivity index (χ1) is 20.4. The number of nitrogens with one attached hydrogen (secondary N) is 2. The van der Waals surface area contributed by atoms with Crippen LogP contribution < -0.4 is 15.4 Å². The van der Waals surface area contributed by atoms with Crippen LogP contribution in [0.15, 0.2) is 60.7 Å². The number of hydrogen-bond acceptors (Lipinski definition) is 6. The number of rotatable bonds is 11. The van der Waals surface area contributed by atoms with Crippen LogP contribution in [0.3, 0.4) is 0 Å². The van der Waals surface area contributed by atoms with E-state index in [1.807, 2.05) is 42.5 Å². The molecule has 0 aromatic heterocycles. The molecule has 0 saturated carbocycles. The van der Waals surface area contributed by atoms with E-state index >= 15 is 0 Å². The summed E-state index contributed by atoms with van der Waals surface area (Å²) in [5.74, 6) is 0.131. The number of piperidine rings is 3. The lowest BCUT2D eigenvalue weighted by Gasteiger charge is -2.47. The second-order valence-electron chi connectivity index (χ2n) is 11.1. The first-order valence-corrected chi connectivity index (χ1v) is 14.9. The summed E-state index contributed by atoms with van der Waals surface area (Å²) >= 11 is 6.26. The number of benzene rings is 3. The van der Waals surface area contributed by atoms with Gasteiger partial charge in [-0.2, -0.15) is 0 Å². The predicted octanol–water partition coefficient (Wildman–Crippen LogP) is 6.05. The monoisotopic (exact) mass is 591 g/mol. The molecular weight excluding hydrogens is 554 g/mol. The van der Waals surface area contributed by atoms with Crippen LogP contribution in [0.2, 0.25) is 5.02 Å². The third-order valence-electron chi connectivity index (χ3n) is 8.33. The number of carbonyl (C=O) groups is 2. The SMILES string of the molecule is COc1cc(C(=O)NCCCCc2ccc(-c3ccccc3)c(NC(=O)OC34CCN(CC3)CC4)c2)c(Cl)cc1CO. The molecule has 0 radical (unpaired) electrons. The van der Waals surface area contributed by atoms with Gasteiger partial charge in [0.2, 0.25) is 0 Å². The number of fused-ring (bicyclic) bond motifs is 3. The van der Waals surface area contributed by atoms with E-state index in [0.717, 1.165) is 80.5 Å². The minimum absolute atomic E-state index is 0.227. The molecule has 3 aliphatic heterocycles. The molecule has 3 aromatic carbocycles. The summed E-state index contributed by atoms with van der Waals surface area (Å²) < 4.78 is 11.3. The molecule has 3 saturated heterocycles. The van der Waals surface area contributed by atoms with Gasteiger partial charge in [-0.15, -0.1) is 0 Å². The lowest BCUT2D eigenvalue weighted by atomic mass is 9.83. The first kappa shape index (κ1) is 29.9. The molecule has 3 heterocycles. The molecule has 3 aliphatic rings. The van der Waals surface area contributed by atoms with Crippen molar-refractivity contribution >= 4 is 29.3 Å². The number of methoxy groups -OCH3 is 1. The number of hydrogen-bond donors (Lipinski definition) is 3. The van der Waals surface area contributed by atoms with Crippen LogP contribution in [-0.4, -0.2) is 60.9 Å². The minimum Gasteiger partial charge on any atom is -0.496 e. The number of unbranched alkanes of at least 4 members (excludes halogenated alkanes) is 1. The molecule has 2 amide bonds. The van der Waals surface area contributed by atoms with Gasteiger partial charge < -0.3 is 24.8 Å². The Morgan fingerprint density at radius 1 is 1.00 bits per heavy atom. The van der Waals surface area contributed by atoms with Crippen molar-refractivity contribution in [2.75, 3.05) is 38.6 Å². The zero-order valence-corrected chi connectivity index (χ0v) is 24.7. The summed E-state index contributed by atoms with van der Waals surface area (Å²) in [6.07, 6.45) is 4.65. The number of ether oxygens (including phenoxy) is 2. The summed E-state index contributed by atoms with van der Waals surface area (Å²) in [5, 5.41) is 15.7. The van der Waals surface area contributed by atoms with Crippen LogP contribution in [0, 0.1) is 0 Å². The van der Waals surface area contributed by atoms with Gasteiger partial charge in [0.05, 0.1) is 30.0 Å². The third kappa shape index (κ3) is 7.06. The molecule has 6 rings (SSSR count). The molecule has 0 spiro atoms. The van der Waals surface area contributed by atoms with Crippen molar-refractivity contribution in [3.63, 3.8) is 0 Å². The topological polar surface area (TPSA) is 100 Å². The molecule has 8 nitrogen and oxygen atoms in total. The number of aliphatic hydroxyl groups is 1. The van der Waals surface area contributed by atoms with Crippen LogP contribution in [0.1, 0.15) is 53.6 Å². The highest BCUT2D eigenvalue weighted by molar-refractivity contribution is 6.34. The second kappa shape index (κ2) is 13.6. The van der Waals surface area contributed by atoms with Crippen LogP contribution in [0.25, 0.3) is 11.1 Å². The largest absolute Gasteiger partial charge is 0.496 e. The fourth-order valence-electron chi connectivity index (χ4n) is 5.83. The molecule has 3 fully saturated rings. The van der Waals surface area contributed by atoms with E-state index in [1.54, 1.807) is 12.1 Å². The molecule has 0 atom stereocenters. The molecular formula is C33H38ClN3O5. The van der Waals surface area contributed by atoms with Crippen molar-refractivity contribution in [3.8, 4) is 16.9 Å². The minimum atomic E-state index is -0.398. The Kier molecular flexibility index (Phi) is 9.67. The summed E-state index contributed by atoms with van der Waals surface area (Å²) in [6.45, 7) is 3.20. The maximum Gasteiger partial charge on any atom is 0.412 e. The highest BCUT2D eigenvalue weighted by Gasteiger charge is 2.42. The number of aryl methyl sites for hydroxylation is 1. The van der Waals surface area contributed by atoms with E-state index in [1.165, 1.54) is 7.11 Å². The molecule has 3 N–H and O–H groups in total. The Balaban J connectivity index is 1.19. The fraction of sp³-hybridized carbons (Fsp3) is 0.394. The average molecular weight is 592 g/mol. The lowest BCUT2D eigenvalue weighted by Crippen LogP contribution is -2.54. The second-order valence-corrected chi connectivity index (χ2v) is 11.5. The molecule has 42 heavy (non-hydrogen) atoms. The highest BCUT2D eigenvalue weighted by atomic mass is 35.5. The van der Waals surface area contributed by atoms with Gasteiger partial charge in [0.15, 0.2) is 0 Å². The maximum absolute atomic E-state index is 13.1.